The summed E-state index contributed by atoms with van der Waals surface area (Å²) in [4.78, 5) is 32.3. The maximum atomic E-state index is 11.8. The fourth-order valence-electron chi connectivity index (χ4n) is 6.87. The number of rotatable bonds is 8. The summed E-state index contributed by atoms with van der Waals surface area (Å²) in [7, 11) is -1.48. The second kappa shape index (κ2) is 17.4. The number of benzene rings is 2. The number of anilines is 2. The van der Waals surface area contributed by atoms with Crippen molar-refractivity contribution in [1.82, 2.24) is 9.97 Å². The molecule has 4 aliphatic heterocycles. The molecule has 4 aromatic rings. The third-order valence-corrected chi connectivity index (χ3v) is 10.6. The zero-order chi connectivity index (χ0) is 38.7. The predicted octanol–water partition coefficient (Wildman–Crippen LogP) is 6.38. The van der Waals surface area contributed by atoms with Crippen molar-refractivity contribution in [2.45, 2.75) is 71.2 Å². The Morgan fingerprint density at radius 1 is 0.750 bits per heavy atom. The molecule has 2 aromatic carbocycles. The van der Waals surface area contributed by atoms with Crippen LogP contribution in [-0.2, 0) is 53.3 Å². The van der Waals surface area contributed by atoms with Crippen molar-refractivity contribution in [2.24, 2.45) is 0 Å². The molecule has 0 saturated carbocycles. The Hall–Kier alpha value is -4.34. The first-order valence-electron chi connectivity index (χ1n) is 18.5. The summed E-state index contributed by atoms with van der Waals surface area (Å²) in [6.45, 7) is 26.6. The molecule has 0 unspecified atom stereocenters. The fourth-order valence-corrected chi connectivity index (χ4v) is 6.87. The van der Waals surface area contributed by atoms with Gasteiger partial charge < -0.3 is 38.3 Å². The van der Waals surface area contributed by atoms with E-state index in [4.69, 9.17) is 36.6 Å². The molecule has 8 rings (SSSR count). The van der Waals surface area contributed by atoms with Gasteiger partial charge in [0.25, 0.3) is 0 Å². The average Bonchev–Trinajstić information content (AvgIpc) is 4.01. The Kier molecular flexibility index (Phi) is 12.9. The number of hydrogen-bond donors (Lipinski definition) is 1. The summed E-state index contributed by atoms with van der Waals surface area (Å²) < 4.78 is 29.2. The van der Waals surface area contributed by atoms with Crippen LogP contribution >= 0.6 is 0 Å². The Morgan fingerprint density at radius 2 is 1.23 bits per heavy atom. The van der Waals surface area contributed by atoms with Crippen molar-refractivity contribution in [1.29, 1.82) is 0 Å². The zero-order valence-electron chi connectivity index (χ0n) is 32.0. The Labute approximate surface area is 353 Å². The first kappa shape index (κ1) is 41.3. The minimum Gasteiger partial charge on any atom is -0.439 e. The van der Waals surface area contributed by atoms with Gasteiger partial charge in [-0.1, -0.05) is 12.1 Å². The summed E-state index contributed by atoms with van der Waals surface area (Å²) in [5.41, 5.74) is 2.87. The number of aldehydes is 1. The minimum absolute atomic E-state index is 0. The number of pyridine rings is 2. The van der Waals surface area contributed by atoms with E-state index in [9.17, 15) is 9.82 Å². The normalized spacial score (nSPS) is 17.6. The topological polar surface area (TPSA) is 124 Å². The van der Waals surface area contributed by atoms with Gasteiger partial charge in [0.15, 0.2) is 0 Å². The summed E-state index contributed by atoms with van der Waals surface area (Å²) in [5, 5.41) is 9.67. The molecule has 0 atom stereocenters. The van der Waals surface area contributed by atoms with Crippen molar-refractivity contribution in [2.75, 3.05) is 36.0 Å². The molecule has 0 amide bonds. The third-order valence-electron chi connectivity index (χ3n) is 10.6. The molecule has 2 aromatic heterocycles. The molecule has 6 heterocycles. The summed E-state index contributed by atoms with van der Waals surface area (Å²) in [5.74, 6) is 3.31. The van der Waals surface area contributed by atoms with Crippen LogP contribution in [-0.4, -0.2) is 72.9 Å². The van der Waals surface area contributed by atoms with E-state index in [0.29, 0.717) is 63.9 Å². The smallest absolute Gasteiger partial charge is 0.439 e. The molecule has 4 aliphatic rings. The van der Waals surface area contributed by atoms with Crippen molar-refractivity contribution >= 4 is 54.5 Å². The van der Waals surface area contributed by atoms with Crippen LogP contribution in [0.25, 0.3) is 9.69 Å². The van der Waals surface area contributed by atoms with Gasteiger partial charge >= 0.3 is 14.2 Å². The van der Waals surface area contributed by atoms with E-state index in [1.807, 2.05) is 33.8 Å². The predicted molar refractivity (Wildman–Crippen MR) is 210 cm³/mol. The van der Waals surface area contributed by atoms with Crippen molar-refractivity contribution in [3.05, 3.63) is 94.6 Å². The maximum absolute atomic E-state index is 11.8. The van der Waals surface area contributed by atoms with Crippen LogP contribution < -0.4 is 30.2 Å². The Bertz CT molecular complexity index is 2150. The van der Waals surface area contributed by atoms with Gasteiger partial charge in [-0.15, -0.1) is 0 Å². The SMILES string of the molecule is [C-]#[N+]c1ccc(Oc2ccc(B3OC(C)(C)C(C)(C)O3)c(C=O)c2)nc1N1CCCC1.[C-]#[N+]c1ccc(Oc2ccc3c(c2)COB3O)nc1N1CCCC1.[Y]. The zero-order valence-corrected chi connectivity index (χ0v) is 34.9. The Morgan fingerprint density at radius 3 is 1.71 bits per heavy atom. The molecule has 0 bridgehead atoms. The molecule has 1 radical (unpaired) electrons. The van der Waals surface area contributed by atoms with Gasteiger partial charge in [0, 0.05) is 64.5 Å². The number of hydrogen-bond acceptors (Lipinski definition) is 11. The second-order valence-electron chi connectivity index (χ2n) is 14.8. The van der Waals surface area contributed by atoms with E-state index < -0.39 is 25.4 Å². The van der Waals surface area contributed by atoms with Crippen LogP contribution in [0.15, 0.2) is 60.7 Å². The average molecular weight is 829 g/mol. The first-order valence-corrected chi connectivity index (χ1v) is 18.5. The summed E-state index contributed by atoms with van der Waals surface area (Å²) in [6.07, 6.45) is 5.20. The molecular formula is C40H42B2N6O7Y. The van der Waals surface area contributed by atoms with Crippen LogP contribution in [0.1, 0.15) is 69.3 Å². The van der Waals surface area contributed by atoms with Gasteiger partial charge in [-0.25, -0.2) is 19.7 Å². The van der Waals surface area contributed by atoms with E-state index in [1.54, 1.807) is 54.6 Å². The van der Waals surface area contributed by atoms with Crippen LogP contribution in [0.3, 0.4) is 0 Å². The quantitative estimate of drug-likeness (QED) is 0.121. The molecule has 0 aliphatic carbocycles. The van der Waals surface area contributed by atoms with Gasteiger partial charge in [0.1, 0.15) is 29.4 Å². The van der Waals surface area contributed by atoms with E-state index >= 15 is 0 Å². The molecular weight excluding hydrogens is 787 g/mol. The molecule has 283 valence electrons. The number of fused-ring (bicyclic) bond motifs is 1. The molecule has 16 heteroatoms. The largest absolute Gasteiger partial charge is 0.495 e. The minimum atomic E-state index is -0.855. The van der Waals surface area contributed by atoms with E-state index in [-0.39, 0.29) is 32.7 Å². The number of carbonyl (C=O) groups excluding carboxylic acids is 1. The molecule has 56 heavy (non-hydrogen) atoms. The molecule has 1 N–H and O–H groups in total. The van der Waals surface area contributed by atoms with Crippen LogP contribution in [0.4, 0.5) is 23.0 Å². The van der Waals surface area contributed by atoms with Gasteiger partial charge in [-0.3, -0.25) is 4.79 Å². The first-order chi connectivity index (χ1) is 26.5. The number of carbonyl (C=O) groups is 1. The van der Waals surface area contributed by atoms with Crippen molar-refractivity contribution < 1.29 is 66.0 Å². The standard InChI is InChI=1S/C23H26BN3O4.C17H16BN3O3.Y/c1-22(2)23(3,4)31-24(30-22)18-9-8-17(14-16(18)15-28)29-20-11-10-19(25-5)21(26-20)27-12-6-7-13-27;1-19-15-6-7-16(20-17(15)21-8-2-3-9-21)24-13-4-5-14-12(10-13)11-23-18(14)22;/h8-11,14-15H,6-7,12-13H2,1-4H3;4-7,10,22H,2-3,8-9,11H2;. The van der Waals surface area contributed by atoms with Crippen molar-refractivity contribution in [3.63, 3.8) is 0 Å². The third kappa shape index (κ3) is 8.79. The number of ether oxygens (including phenoxy) is 2. The number of nitrogens with zero attached hydrogens (tertiary/aromatic N) is 6. The van der Waals surface area contributed by atoms with Gasteiger partial charge in [0.05, 0.1) is 31.0 Å². The molecule has 13 nitrogen and oxygen atoms in total. The van der Waals surface area contributed by atoms with Crippen LogP contribution in [0, 0.1) is 13.1 Å². The van der Waals surface area contributed by atoms with Crippen LogP contribution in [0.2, 0.25) is 0 Å². The van der Waals surface area contributed by atoms with E-state index in [1.165, 1.54) is 0 Å². The molecule has 3 fully saturated rings. The van der Waals surface area contributed by atoms with Crippen molar-refractivity contribution in [3.8, 4) is 23.3 Å². The second-order valence-corrected chi connectivity index (χ2v) is 14.8. The van der Waals surface area contributed by atoms with E-state index in [0.717, 1.165) is 69.2 Å². The summed E-state index contributed by atoms with van der Waals surface area (Å²) >= 11 is 0. The van der Waals surface area contributed by atoms with Gasteiger partial charge in [-0.2, -0.15) is 0 Å². The molecule has 3 saturated heterocycles. The molecule has 0 spiro atoms. The van der Waals surface area contributed by atoms with Crippen LogP contribution in [0.5, 0.6) is 23.3 Å². The van der Waals surface area contributed by atoms with Gasteiger partial charge in [-0.05, 0) is 118 Å². The Balaban J connectivity index is 0.000000192. The maximum Gasteiger partial charge on any atom is 0.495 e. The summed E-state index contributed by atoms with van der Waals surface area (Å²) in [6, 6.07) is 17.5. The van der Waals surface area contributed by atoms with Gasteiger partial charge in [0.2, 0.25) is 23.1 Å². The van der Waals surface area contributed by atoms with E-state index in [2.05, 4.69) is 29.5 Å². The monoisotopic (exact) mass is 829 g/mol. The number of aromatic nitrogens is 2. The fraction of sp³-hybridized carbons (Fsp3) is 0.375.